The number of aromatic nitrogens is 6. The van der Waals surface area contributed by atoms with Crippen molar-refractivity contribution in [1.82, 2.24) is 35.0 Å². The molecule has 220 valence electrons. The zero-order valence-electron chi connectivity index (χ0n) is 22.5. The number of hydrogen-bond acceptors (Lipinski definition) is 10. The molecule has 6 rings (SSSR count). The van der Waals surface area contributed by atoms with Gasteiger partial charge < -0.3 is 19.3 Å². The minimum atomic E-state index is -1.23. The van der Waals surface area contributed by atoms with Crippen LogP contribution in [0.2, 0.25) is 0 Å². The van der Waals surface area contributed by atoms with Crippen LogP contribution in [0.3, 0.4) is 0 Å². The number of rotatable bonds is 8. The molecule has 41 heavy (non-hydrogen) atoms. The van der Waals surface area contributed by atoms with Crippen LogP contribution >= 0.6 is 11.8 Å². The topological polar surface area (TPSA) is 106 Å². The van der Waals surface area contributed by atoms with Gasteiger partial charge in [0.2, 0.25) is 5.95 Å². The van der Waals surface area contributed by atoms with E-state index in [2.05, 4.69) is 35.1 Å². The van der Waals surface area contributed by atoms with Crippen molar-refractivity contribution < 1.29 is 22.6 Å². The van der Waals surface area contributed by atoms with Gasteiger partial charge in [-0.2, -0.15) is 4.80 Å². The van der Waals surface area contributed by atoms with Gasteiger partial charge in [-0.3, -0.25) is 0 Å². The SMILES string of the molecule is C[C@H](Oc1cnc(N2C[C@H](NCl)[C@@H](c3cc(F)c(F)cc3F)C2)nc1)C1CCN(c2nnn([C@H]3CCOC3)n2)CC1. The van der Waals surface area contributed by atoms with Gasteiger partial charge in [-0.25, -0.2) is 28.0 Å². The van der Waals surface area contributed by atoms with Gasteiger partial charge in [0.25, 0.3) is 5.95 Å². The number of tetrazole rings is 1. The summed E-state index contributed by atoms with van der Waals surface area (Å²) in [4.78, 5) is 17.1. The van der Waals surface area contributed by atoms with Crippen LogP contribution in [0.1, 0.15) is 43.7 Å². The highest BCUT2D eigenvalue weighted by molar-refractivity contribution is 6.13. The first-order valence-electron chi connectivity index (χ1n) is 13.8. The fourth-order valence-electron chi connectivity index (χ4n) is 5.83. The maximum absolute atomic E-state index is 14.5. The Bertz CT molecular complexity index is 1340. The zero-order chi connectivity index (χ0) is 28.5. The first-order chi connectivity index (χ1) is 19.9. The first-order valence-corrected chi connectivity index (χ1v) is 14.1. The molecule has 0 unspecified atom stereocenters. The molecular formula is C26H31ClF3N9O2. The minimum absolute atomic E-state index is 0.0492. The predicted molar refractivity (Wildman–Crippen MR) is 143 cm³/mol. The Morgan fingerprint density at radius 3 is 2.46 bits per heavy atom. The lowest BCUT2D eigenvalue weighted by molar-refractivity contribution is 0.132. The van der Waals surface area contributed by atoms with Gasteiger partial charge in [0.05, 0.1) is 31.1 Å². The van der Waals surface area contributed by atoms with Crippen molar-refractivity contribution in [1.29, 1.82) is 0 Å². The summed E-state index contributed by atoms with van der Waals surface area (Å²) in [5, 5.41) is 13.0. The van der Waals surface area contributed by atoms with Crippen molar-refractivity contribution in [3.8, 4) is 5.75 Å². The normalized spacial score (nSPS) is 24.3. The van der Waals surface area contributed by atoms with E-state index in [9.17, 15) is 13.2 Å². The molecule has 0 radical (unpaired) electrons. The molecule has 3 saturated heterocycles. The molecule has 3 fully saturated rings. The smallest absolute Gasteiger partial charge is 0.266 e. The second-order valence-corrected chi connectivity index (χ2v) is 11.0. The van der Waals surface area contributed by atoms with Gasteiger partial charge in [0.1, 0.15) is 5.82 Å². The molecule has 2 aromatic heterocycles. The third kappa shape index (κ3) is 5.90. The van der Waals surface area contributed by atoms with Crippen LogP contribution in [0.25, 0.3) is 0 Å². The van der Waals surface area contributed by atoms with Crippen LogP contribution in [-0.4, -0.2) is 81.7 Å². The van der Waals surface area contributed by atoms with Crippen LogP contribution in [0, 0.1) is 23.4 Å². The molecule has 1 aromatic carbocycles. The largest absolute Gasteiger partial charge is 0.487 e. The minimum Gasteiger partial charge on any atom is -0.487 e. The van der Waals surface area contributed by atoms with E-state index in [1.165, 1.54) is 0 Å². The highest BCUT2D eigenvalue weighted by Gasteiger charge is 2.37. The summed E-state index contributed by atoms with van der Waals surface area (Å²) in [5.74, 6) is -1.74. The molecule has 3 aliphatic rings. The quantitative estimate of drug-likeness (QED) is 0.309. The average Bonchev–Trinajstić information content (AvgIpc) is 3.76. The van der Waals surface area contributed by atoms with E-state index in [-0.39, 0.29) is 24.3 Å². The van der Waals surface area contributed by atoms with Gasteiger partial charge in [-0.1, -0.05) is 5.10 Å². The Balaban J connectivity index is 1.03. The molecule has 1 N–H and O–H groups in total. The Morgan fingerprint density at radius 1 is 1.00 bits per heavy atom. The van der Waals surface area contributed by atoms with Crippen LogP contribution in [0.5, 0.6) is 5.75 Å². The number of halogens is 4. The highest BCUT2D eigenvalue weighted by atomic mass is 35.5. The standard InChI is InChI=1S/C26H31ClF3N9O2/c1-15(16-2-5-37(6-3-16)26-34-36-39(35-26)17-4-7-40-14-17)41-18-10-31-25(32-11-18)38-12-20(24(13-38)33-27)19-8-22(29)23(30)9-21(19)28/h8-11,15-17,20,24,33H,2-7,12-14H2,1H3/t15-,17-,20+,24-/m0/s1. The van der Waals surface area contributed by atoms with Crippen LogP contribution in [0.4, 0.5) is 25.1 Å². The third-order valence-corrected chi connectivity index (χ3v) is 8.53. The summed E-state index contributed by atoms with van der Waals surface area (Å²) in [6.45, 7) is 5.65. The number of nitrogens with one attached hydrogen (secondary N) is 1. The zero-order valence-corrected chi connectivity index (χ0v) is 23.2. The first kappa shape index (κ1) is 27.9. The molecule has 15 heteroatoms. The van der Waals surface area contributed by atoms with E-state index < -0.39 is 29.4 Å². The lowest BCUT2D eigenvalue weighted by Crippen LogP contribution is -2.39. The van der Waals surface area contributed by atoms with Gasteiger partial charge in [-0.05, 0) is 60.7 Å². The summed E-state index contributed by atoms with van der Waals surface area (Å²) >= 11 is 5.91. The van der Waals surface area contributed by atoms with Crippen molar-refractivity contribution in [2.24, 2.45) is 5.92 Å². The van der Waals surface area contributed by atoms with Crippen molar-refractivity contribution >= 4 is 23.7 Å². The van der Waals surface area contributed by atoms with Gasteiger partial charge in [0.15, 0.2) is 17.4 Å². The van der Waals surface area contributed by atoms with Crippen molar-refractivity contribution in [3.63, 3.8) is 0 Å². The van der Waals surface area contributed by atoms with Crippen molar-refractivity contribution in [2.45, 2.75) is 50.3 Å². The molecule has 0 spiro atoms. The summed E-state index contributed by atoms with van der Waals surface area (Å²) in [7, 11) is 0. The summed E-state index contributed by atoms with van der Waals surface area (Å²) in [6.07, 6.45) is 5.91. The Morgan fingerprint density at radius 2 is 1.76 bits per heavy atom. The van der Waals surface area contributed by atoms with E-state index in [0.29, 0.717) is 42.8 Å². The maximum atomic E-state index is 14.5. The summed E-state index contributed by atoms with van der Waals surface area (Å²) < 4.78 is 53.3. The lowest BCUT2D eigenvalue weighted by atomic mass is 9.92. The maximum Gasteiger partial charge on any atom is 0.266 e. The monoisotopic (exact) mass is 593 g/mol. The summed E-state index contributed by atoms with van der Waals surface area (Å²) in [5.41, 5.74) is 0.0492. The van der Waals surface area contributed by atoms with Gasteiger partial charge in [-0.15, -0.1) is 5.10 Å². The number of anilines is 2. The molecule has 4 atom stereocenters. The molecule has 11 nitrogen and oxygen atoms in total. The van der Waals surface area contributed by atoms with E-state index in [1.54, 1.807) is 17.2 Å². The van der Waals surface area contributed by atoms with E-state index in [0.717, 1.165) is 45.0 Å². The van der Waals surface area contributed by atoms with Crippen LogP contribution in [0.15, 0.2) is 24.5 Å². The number of nitrogens with zero attached hydrogens (tertiary/aromatic N) is 8. The Hall–Kier alpha value is -3.23. The average molecular weight is 594 g/mol. The summed E-state index contributed by atoms with van der Waals surface area (Å²) in [6, 6.07) is 1.18. The molecule has 3 aromatic rings. The highest BCUT2D eigenvalue weighted by Crippen LogP contribution is 2.33. The number of benzene rings is 1. The number of hydrogen-bond donors (Lipinski definition) is 1. The van der Waals surface area contributed by atoms with Crippen LogP contribution in [-0.2, 0) is 4.74 Å². The fourth-order valence-corrected chi connectivity index (χ4v) is 6.05. The Labute approximate surface area is 240 Å². The van der Waals surface area contributed by atoms with Crippen molar-refractivity contribution in [3.05, 3.63) is 47.5 Å². The number of piperidine rings is 1. The molecular weight excluding hydrogens is 563 g/mol. The van der Waals surface area contributed by atoms with Crippen LogP contribution < -0.4 is 19.4 Å². The second kappa shape index (κ2) is 11.9. The van der Waals surface area contributed by atoms with Gasteiger partial charge >= 0.3 is 0 Å². The molecule has 0 bridgehead atoms. The Kier molecular flexibility index (Phi) is 8.13. The molecule has 0 aliphatic carbocycles. The van der Waals surface area contributed by atoms with E-state index >= 15 is 0 Å². The lowest BCUT2D eigenvalue weighted by Gasteiger charge is -2.34. The van der Waals surface area contributed by atoms with Gasteiger partial charge in [0, 0.05) is 50.8 Å². The van der Waals surface area contributed by atoms with Crippen molar-refractivity contribution in [2.75, 3.05) is 49.2 Å². The third-order valence-electron chi connectivity index (χ3n) is 8.25. The fraction of sp³-hybridized carbons (Fsp3) is 0.577. The second-order valence-electron chi connectivity index (χ2n) is 10.8. The molecule has 0 saturated carbocycles. The van der Waals surface area contributed by atoms with E-state index in [4.69, 9.17) is 21.3 Å². The van der Waals surface area contributed by atoms with E-state index in [1.807, 2.05) is 11.8 Å². The molecule has 3 aliphatic heterocycles. The molecule has 5 heterocycles. The number of ether oxygens (including phenoxy) is 2. The molecule has 0 amide bonds. The predicted octanol–water partition coefficient (Wildman–Crippen LogP) is 3.24.